The molecule has 124 valence electrons. The van der Waals surface area contributed by atoms with E-state index in [2.05, 4.69) is 80.4 Å². The van der Waals surface area contributed by atoms with Crippen LogP contribution in [-0.4, -0.2) is 31.1 Å². The predicted molar refractivity (Wildman–Crippen MR) is 103 cm³/mol. The van der Waals surface area contributed by atoms with Gasteiger partial charge in [0.25, 0.3) is 0 Å². The normalized spacial score (nSPS) is 23.5. The van der Waals surface area contributed by atoms with Gasteiger partial charge in [0.2, 0.25) is 0 Å². The molecule has 2 heterocycles. The molecular formula is C22H27N2+. The highest BCUT2D eigenvalue weighted by atomic mass is 15.4. The second-order valence-corrected chi connectivity index (χ2v) is 7.54. The molecule has 2 nitrogen and oxygen atoms in total. The summed E-state index contributed by atoms with van der Waals surface area (Å²) < 4.78 is 1.00. The molecule has 0 aromatic heterocycles. The molecule has 0 saturated carbocycles. The van der Waals surface area contributed by atoms with Gasteiger partial charge in [-0.2, -0.15) is 0 Å². The summed E-state index contributed by atoms with van der Waals surface area (Å²) in [7, 11) is 2.24. The van der Waals surface area contributed by atoms with Crippen LogP contribution in [0.25, 0.3) is 5.57 Å². The van der Waals surface area contributed by atoms with Crippen molar-refractivity contribution >= 4 is 11.3 Å². The van der Waals surface area contributed by atoms with Gasteiger partial charge in [-0.3, -0.25) is 4.48 Å². The fourth-order valence-electron chi connectivity index (χ4n) is 4.62. The highest BCUT2D eigenvalue weighted by Gasteiger charge is 2.48. The number of hydrogen-bond donors (Lipinski definition) is 0. The molecule has 0 saturated heterocycles. The summed E-state index contributed by atoms with van der Waals surface area (Å²) in [5, 5.41) is 0. The van der Waals surface area contributed by atoms with E-state index in [0.717, 1.165) is 24.1 Å². The Balaban J connectivity index is 1.91. The summed E-state index contributed by atoms with van der Waals surface area (Å²) in [5.41, 5.74) is 7.62. The molecule has 2 aromatic rings. The smallest absolute Gasteiger partial charge is 0.145 e. The van der Waals surface area contributed by atoms with Crippen molar-refractivity contribution in [3.05, 3.63) is 71.4 Å². The van der Waals surface area contributed by atoms with Crippen LogP contribution in [0.2, 0.25) is 0 Å². The lowest BCUT2D eigenvalue weighted by Gasteiger charge is -2.42. The molecule has 0 spiro atoms. The van der Waals surface area contributed by atoms with Gasteiger partial charge in [0.15, 0.2) is 0 Å². The van der Waals surface area contributed by atoms with Crippen LogP contribution in [0.3, 0.4) is 0 Å². The van der Waals surface area contributed by atoms with Gasteiger partial charge in [0.05, 0.1) is 6.04 Å². The van der Waals surface area contributed by atoms with Gasteiger partial charge in [-0.1, -0.05) is 42.5 Å². The highest BCUT2D eigenvalue weighted by Crippen LogP contribution is 2.50. The Kier molecular flexibility index (Phi) is 3.82. The van der Waals surface area contributed by atoms with E-state index in [9.17, 15) is 0 Å². The molecule has 0 unspecified atom stereocenters. The van der Waals surface area contributed by atoms with Gasteiger partial charge >= 0.3 is 0 Å². The fourth-order valence-corrected chi connectivity index (χ4v) is 4.62. The SMILES string of the molecule is CC(C)[N@@+]1(Cc2ccccc2)C2=C(CN(C)CC2)c2ccccc21. The molecule has 0 N–H and O–H groups in total. The number of hydrogen-bond acceptors (Lipinski definition) is 1. The van der Waals surface area contributed by atoms with Crippen LogP contribution in [0.1, 0.15) is 31.4 Å². The van der Waals surface area contributed by atoms with Crippen molar-refractivity contribution < 1.29 is 0 Å². The minimum Gasteiger partial charge on any atom is -0.301 e. The summed E-state index contributed by atoms with van der Waals surface area (Å²) in [6.45, 7) is 8.06. The van der Waals surface area contributed by atoms with Crippen molar-refractivity contribution in [2.75, 3.05) is 20.1 Å². The largest absolute Gasteiger partial charge is 0.301 e. The van der Waals surface area contributed by atoms with Crippen molar-refractivity contribution in [3.63, 3.8) is 0 Å². The van der Waals surface area contributed by atoms with E-state index in [0.29, 0.717) is 6.04 Å². The summed E-state index contributed by atoms with van der Waals surface area (Å²) in [5.74, 6) is 0. The van der Waals surface area contributed by atoms with E-state index in [-0.39, 0.29) is 0 Å². The molecule has 2 heteroatoms. The second kappa shape index (κ2) is 5.87. The first-order valence-corrected chi connectivity index (χ1v) is 9.05. The first kappa shape index (κ1) is 15.6. The Morgan fingerprint density at radius 2 is 1.71 bits per heavy atom. The zero-order chi connectivity index (χ0) is 16.7. The lowest BCUT2D eigenvalue weighted by atomic mass is 10.0. The van der Waals surface area contributed by atoms with E-state index in [4.69, 9.17) is 0 Å². The first-order chi connectivity index (χ1) is 11.6. The quantitative estimate of drug-likeness (QED) is 0.744. The summed E-state index contributed by atoms with van der Waals surface area (Å²) in [6, 6.07) is 20.6. The van der Waals surface area contributed by atoms with Crippen LogP contribution in [0.4, 0.5) is 5.69 Å². The zero-order valence-corrected chi connectivity index (χ0v) is 15.0. The number of fused-ring (bicyclic) bond motifs is 2. The Hall–Kier alpha value is -1.90. The van der Waals surface area contributed by atoms with Gasteiger partial charge in [0, 0.05) is 42.3 Å². The molecule has 24 heavy (non-hydrogen) atoms. The molecule has 0 radical (unpaired) electrons. The van der Waals surface area contributed by atoms with E-state index in [1.165, 1.54) is 23.2 Å². The standard InChI is InChI=1S/C22H27N2/c1-17(2)24(16-18-9-5-4-6-10-18)21-12-8-7-11-19(21)20-15-23(3)14-13-22(20)24/h4-12,17H,13-16H2,1-3H3/q+1/t24-/m1/s1. The van der Waals surface area contributed by atoms with Gasteiger partial charge in [-0.15, -0.1) is 0 Å². The van der Waals surface area contributed by atoms with Crippen molar-refractivity contribution in [1.29, 1.82) is 0 Å². The van der Waals surface area contributed by atoms with Crippen molar-refractivity contribution in [2.45, 2.75) is 32.9 Å². The zero-order valence-electron chi connectivity index (χ0n) is 15.0. The van der Waals surface area contributed by atoms with Crippen LogP contribution in [0.15, 0.2) is 60.3 Å². The summed E-state index contributed by atoms with van der Waals surface area (Å²) in [6.07, 6.45) is 1.17. The second-order valence-electron chi connectivity index (χ2n) is 7.54. The number of quaternary nitrogens is 1. The third-order valence-electron chi connectivity index (χ3n) is 5.80. The van der Waals surface area contributed by atoms with Crippen molar-refractivity contribution in [3.8, 4) is 0 Å². The van der Waals surface area contributed by atoms with Gasteiger partial charge in [-0.05, 0) is 27.0 Å². The number of likely N-dealkylation sites (N-methyl/N-ethyl adjacent to an activating group) is 1. The molecular weight excluding hydrogens is 292 g/mol. The van der Waals surface area contributed by atoms with Gasteiger partial charge in [0.1, 0.15) is 17.9 Å². The molecule has 2 aliphatic rings. The van der Waals surface area contributed by atoms with Gasteiger partial charge in [-0.25, -0.2) is 0 Å². The van der Waals surface area contributed by atoms with E-state index in [1.807, 2.05) is 0 Å². The average molecular weight is 319 g/mol. The monoisotopic (exact) mass is 319 g/mol. The third kappa shape index (κ3) is 2.25. The lowest BCUT2D eigenvalue weighted by molar-refractivity contribution is 0.251. The Morgan fingerprint density at radius 3 is 2.46 bits per heavy atom. The minimum absolute atomic E-state index is 0.530. The van der Waals surface area contributed by atoms with Crippen molar-refractivity contribution in [1.82, 2.24) is 9.38 Å². The molecule has 4 rings (SSSR count). The van der Waals surface area contributed by atoms with E-state index < -0.39 is 0 Å². The lowest BCUT2D eigenvalue weighted by Crippen LogP contribution is -2.52. The average Bonchev–Trinajstić information content (AvgIpc) is 2.87. The van der Waals surface area contributed by atoms with Crippen LogP contribution in [0.5, 0.6) is 0 Å². The van der Waals surface area contributed by atoms with Crippen LogP contribution >= 0.6 is 0 Å². The fraction of sp³-hybridized carbons (Fsp3) is 0.364. The van der Waals surface area contributed by atoms with Crippen LogP contribution in [0, 0.1) is 0 Å². The number of nitrogens with zero attached hydrogens (tertiary/aromatic N) is 2. The Bertz CT molecular complexity index is 776. The molecule has 2 aliphatic heterocycles. The maximum atomic E-state index is 2.46. The summed E-state index contributed by atoms with van der Waals surface area (Å²) in [4.78, 5) is 2.46. The number of para-hydroxylation sites is 1. The molecule has 1 atom stereocenters. The van der Waals surface area contributed by atoms with Crippen LogP contribution in [-0.2, 0) is 6.54 Å². The summed E-state index contributed by atoms with van der Waals surface area (Å²) >= 11 is 0. The Morgan fingerprint density at radius 1 is 1.00 bits per heavy atom. The molecule has 0 fully saturated rings. The molecule has 2 aromatic carbocycles. The van der Waals surface area contributed by atoms with Crippen LogP contribution < -0.4 is 4.48 Å². The molecule has 0 aliphatic carbocycles. The highest BCUT2D eigenvalue weighted by molar-refractivity contribution is 5.87. The molecule has 0 bridgehead atoms. The minimum atomic E-state index is 0.530. The Labute approximate surface area is 145 Å². The number of benzene rings is 2. The maximum Gasteiger partial charge on any atom is 0.145 e. The van der Waals surface area contributed by atoms with Crippen molar-refractivity contribution in [2.24, 2.45) is 0 Å². The maximum absolute atomic E-state index is 2.46. The predicted octanol–water partition coefficient (Wildman–Crippen LogP) is 4.66. The van der Waals surface area contributed by atoms with Gasteiger partial charge < -0.3 is 4.90 Å². The van der Waals surface area contributed by atoms with E-state index >= 15 is 0 Å². The molecule has 0 amide bonds. The third-order valence-corrected chi connectivity index (χ3v) is 5.80. The number of rotatable bonds is 3. The van der Waals surface area contributed by atoms with E-state index in [1.54, 1.807) is 11.3 Å². The topological polar surface area (TPSA) is 3.24 Å². The first-order valence-electron chi connectivity index (χ1n) is 9.05.